The molecule has 0 radical (unpaired) electrons. The van der Waals surface area contributed by atoms with Crippen LogP contribution in [0.25, 0.3) is 0 Å². The standard InChI is InChI=1S/C11H18N4O4/c1-5-15-13-9(12-14-15)7-6-8(10(16-4)17-7)19-11(2,3)18-6/h6-8,10H,5H2,1-4H3/t6-,7+,8-,10-/m1/s1. The normalized spacial score (nSPS) is 36.6. The lowest BCUT2D eigenvalue weighted by Gasteiger charge is -2.22. The molecule has 0 aromatic carbocycles. The average Bonchev–Trinajstić information content (AvgIpc) is 3.01. The van der Waals surface area contributed by atoms with E-state index in [2.05, 4.69) is 15.4 Å². The van der Waals surface area contributed by atoms with Gasteiger partial charge in [-0.2, -0.15) is 4.80 Å². The molecule has 1 aromatic heterocycles. The third kappa shape index (κ3) is 2.14. The van der Waals surface area contributed by atoms with Crippen LogP contribution in [0.5, 0.6) is 0 Å². The highest BCUT2D eigenvalue weighted by molar-refractivity contribution is 5.02. The third-order valence-electron chi connectivity index (χ3n) is 3.25. The maximum Gasteiger partial charge on any atom is 0.206 e. The average molecular weight is 270 g/mol. The van der Waals surface area contributed by atoms with E-state index in [0.29, 0.717) is 12.4 Å². The van der Waals surface area contributed by atoms with Crippen LogP contribution in [0, 0.1) is 0 Å². The predicted molar refractivity (Wildman–Crippen MR) is 61.9 cm³/mol. The van der Waals surface area contributed by atoms with Crippen LogP contribution in [0.1, 0.15) is 32.7 Å². The molecular formula is C11H18N4O4. The van der Waals surface area contributed by atoms with E-state index in [0.717, 1.165) is 0 Å². The molecule has 3 heterocycles. The lowest BCUT2D eigenvalue weighted by molar-refractivity contribution is -0.229. The topological polar surface area (TPSA) is 80.5 Å². The quantitative estimate of drug-likeness (QED) is 0.779. The Balaban J connectivity index is 1.86. The van der Waals surface area contributed by atoms with Gasteiger partial charge in [0.15, 0.2) is 18.2 Å². The van der Waals surface area contributed by atoms with Gasteiger partial charge >= 0.3 is 0 Å². The van der Waals surface area contributed by atoms with Gasteiger partial charge in [0.05, 0.1) is 6.54 Å². The third-order valence-corrected chi connectivity index (χ3v) is 3.25. The highest BCUT2D eigenvalue weighted by atomic mass is 16.8. The molecule has 3 rings (SSSR count). The zero-order valence-corrected chi connectivity index (χ0v) is 11.4. The van der Waals surface area contributed by atoms with Crippen LogP contribution in [0.2, 0.25) is 0 Å². The summed E-state index contributed by atoms with van der Waals surface area (Å²) in [6.07, 6.45) is -1.46. The summed E-state index contributed by atoms with van der Waals surface area (Å²) < 4.78 is 22.7. The number of nitrogens with zero attached hydrogens (tertiary/aromatic N) is 4. The molecule has 0 bridgehead atoms. The molecule has 106 valence electrons. The van der Waals surface area contributed by atoms with Crippen LogP contribution in [-0.2, 0) is 25.5 Å². The first-order valence-corrected chi connectivity index (χ1v) is 6.35. The van der Waals surface area contributed by atoms with Crippen molar-refractivity contribution in [1.82, 2.24) is 20.2 Å². The van der Waals surface area contributed by atoms with Crippen LogP contribution in [0.4, 0.5) is 0 Å². The SMILES string of the molecule is CCn1nnc([C@H]2O[C@@H](OC)[C@@H]3OC(C)(C)O[C@@H]32)n1. The molecule has 0 amide bonds. The first-order valence-electron chi connectivity index (χ1n) is 6.35. The molecule has 19 heavy (non-hydrogen) atoms. The van der Waals surface area contributed by atoms with E-state index >= 15 is 0 Å². The first kappa shape index (κ1) is 12.9. The number of ether oxygens (including phenoxy) is 4. The van der Waals surface area contributed by atoms with Crippen molar-refractivity contribution in [2.75, 3.05) is 7.11 Å². The second kappa shape index (κ2) is 4.48. The molecule has 2 aliphatic rings. The van der Waals surface area contributed by atoms with E-state index in [4.69, 9.17) is 18.9 Å². The van der Waals surface area contributed by atoms with E-state index in [1.807, 2.05) is 20.8 Å². The van der Waals surface area contributed by atoms with Crippen LogP contribution in [0.15, 0.2) is 0 Å². The van der Waals surface area contributed by atoms with Gasteiger partial charge in [-0.1, -0.05) is 0 Å². The Hall–Kier alpha value is -1.09. The predicted octanol–water partition coefficient (Wildman–Crippen LogP) is 0.257. The molecule has 0 spiro atoms. The Kier molecular flexibility index (Phi) is 3.05. The summed E-state index contributed by atoms with van der Waals surface area (Å²) in [5.41, 5.74) is 0. The van der Waals surface area contributed by atoms with Crippen LogP contribution < -0.4 is 0 Å². The molecule has 1 aromatic rings. The number of hydrogen-bond donors (Lipinski definition) is 0. The Labute approximate surface area is 111 Å². The monoisotopic (exact) mass is 270 g/mol. The lowest BCUT2D eigenvalue weighted by atomic mass is 10.1. The minimum Gasteiger partial charge on any atom is -0.353 e. The number of rotatable bonds is 3. The molecule has 0 unspecified atom stereocenters. The molecular weight excluding hydrogens is 252 g/mol. The fourth-order valence-corrected chi connectivity index (χ4v) is 2.46. The zero-order valence-electron chi connectivity index (χ0n) is 11.4. The molecule has 0 saturated carbocycles. The van der Waals surface area contributed by atoms with Gasteiger partial charge in [0.1, 0.15) is 12.2 Å². The van der Waals surface area contributed by atoms with Crippen LogP contribution in [-0.4, -0.2) is 51.6 Å². The van der Waals surface area contributed by atoms with E-state index in [1.54, 1.807) is 7.11 Å². The summed E-state index contributed by atoms with van der Waals surface area (Å²) in [4.78, 5) is 1.51. The largest absolute Gasteiger partial charge is 0.353 e. The number of methoxy groups -OCH3 is 1. The van der Waals surface area contributed by atoms with Gasteiger partial charge in [-0.15, -0.1) is 10.2 Å². The van der Waals surface area contributed by atoms with E-state index in [9.17, 15) is 0 Å². The number of aromatic nitrogens is 4. The van der Waals surface area contributed by atoms with Crippen LogP contribution in [0.3, 0.4) is 0 Å². The summed E-state index contributed by atoms with van der Waals surface area (Å²) in [6.45, 7) is 6.33. The smallest absolute Gasteiger partial charge is 0.206 e. The Bertz CT molecular complexity index is 463. The van der Waals surface area contributed by atoms with E-state index in [1.165, 1.54) is 4.80 Å². The van der Waals surface area contributed by atoms with E-state index < -0.39 is 18.2 Å². The van der Waals surface area contributed by atoms with Gasteiger partial charge in [-0.3, -0.25) is 0 Å². The Morgan fingerprint density at radius 3 is 2.68 bits per heavy atom. The number of fused-ring (bicyclic) bond motifs is 1. The molecule has 2 aliphatic heterocycles. The van der Waals surface area contributed by atoms with Crippen molar-refractivity contribution in [3.05, 3.63) is 5.82 Å². The molecule has 8 heteroatoms. The fraction of sp³-hybridized carbons (Fsp3) is 0.909. The minimum atomic E-state index is -0.658. The molecule has 4 atom stereocenters. The first-order chi connectivity index (χ1) is 9.04. The number of aryl methyl sites for hydroxylation is 1. The number of tetrazole rings is 1. The van der Waals surface area contributed by atoms with Gasteiger partial charge in [-0.25, -0.2) is 0 Å². The Morgan fingerprint density at radius 2 is 2.05 bits per heavy atom. The van der Waals surface area contributed by atoms with Gasteiger partial charge in [0.25, 0.3) is 0 Å². The maximum absolute atomic E-state index is 5.87. The molecule has 8 nitrogen and oxygen atoms in total. The van der Waals surface area contributed by atoms with Crippen molar-refractivity contribution < 1.29 is 18.9 Å². The number of hydrogen-bond acceptors (Lipinski definition) is 7. The van der Waals surface area contributed by atoms with Gasteiger partial charge in [0.2, 0.25) is 5.82 Å². The second-order valence-corrected chi connectivity index (χ2v) is 5.06. The van der Waals surface area contributed by atoms with Crippen molar-refractivity contribution in [3.8, 4) is 0 Å². The van der Waals surface area contributed by atoms with Gasteiger partial charge in [-0.05, 0) is 26.0 Å². The van der Waals surface area contributed by atoms with E-state index in [-0.39, 0.29) is 12.2 Å². The van der Waals surface area contributed by atoms with Crippen LogP contribution >= 0.6 is 0 Å². The van der Waals surface area contributed by atoms with Crippen molar-refractivity contribution >= 4 is 0 Å². The summed E-state index contributed by atoms with van der Waals surface area (Å²) >= 11 is 0. The molecule has 0 aliphatic carbocycles. The molecule has 0 N–H and O–H groups in total. The van der Waals surface area contributed by atoms with Crippen molar-refractivity contribution in [3.63, 3.8) is 0 Å². The fourth-order valence-electron chi connectivity index (χ4n) is 2.46. The highest BCUT2D eigenvalue weighted by Crippen LogP contribution is 2.44. The summed E-state index contributed by atoms with van der Waals surface area (Å²) in [5.74, 6) is -0.160. The highest BCUT2D eigenvalue weighted by Gasteiger charge is 2.57. The molecule has 2 saturated heterocycles. The van der Waals surface area contributed by atoms with Gasteiger partial charge in [0, 0.05) is 7.11 Å². The summed E-state index contributed by atoms with van der Waals surface area (Å²) in [5, 5.41) is 12.2. The Morgan fingerprint density at radius 1 is 1.32 bits per heavy atom. The molecule has 2 fully saturated rings. The summed E-state index contributed by atoms with van der Waals surface area (Å²) in [6, 6.07) is 0. The minimum absolute atomic E-state index is 0.279. The lowest BCUT2D eigenvalue weighted by Crippen LogP contribution is -2.30. The van der Waals surface area contributed by atoms with Crippen molar-refractivity contribution in [1.29, 1.82) is 0 Å². The van der Waals surface area contributed by atoms with Gasteiger partial charge < -0.3 is 18.9 Å². The van der Waals surface area contributed by atoms with Crippen molar-refractivity contribution in [2.45, 2.75) is 57.7 Å². The second-order valence-electron chi connectivity index (χ2n) is 5.06. The zero-order chi connectivity index (χ0) is 13.6. The summed E-state index contributed by atoms with van der Waals surface area (Å²) in [7, 11) is 1.58. The maximum atomic E-state index is 5.87. The van der Waals surface area contributed by atoms with Crippen molar-refractivity contribution in [2.24, 2.45) is 0 Å².